The van der Waals surface area contributed by atoms with Gasteiger partial charge in [0.15, 0.2) is 0 Å². The molecule has 0 saturated heterocycles. The fraction of sp³-hybridized carbons (Fsp3) is 0.214. The Labute approximate surface area is 126 Å². The van der Waals surface area contributed by atoms with Gasteiger partial charge < -0.3 is 10.1 Å². The number of hydrogen-bond acceptors (Lipinski definition) is 3. The molecule has 0 radical (unpaired) electrons. The van der Waals surface area contributed by atoms with Crippen LogP contribution in [0.3, 0.4) is 0 Å². The van der Waals surface area contributed by atoms with E-state index in [4.69, 9.17) is 16.3 Å². The summed E-state index contributed by atoms with van der Waals surface area (Å²) in [5.41, 5.74) is 1.08. The molecule has 0 aliphatic carbocycles. The SMILES string of the molecule is CCNCc1cc(Br)ccc1Oc1cncc(Cl)c1. The van der Waals surface area contributed by atoms with Crippen molar-refractivity contribution in [2.24, 2.45) is 0 Å². The topological polar surface area (TPSA) is 34.1 Å². The summed E-state index contributed by atoms with van der Waals surface area (Å²) in [7, 11) is 0. The van der Waals surface area contributed by atoms with Crippen molar-refractivity contribution in [3.05, 3.63) is 51.7 Å². The second kappa shape index (κ2) is 6.89. The number of nitrogens with zero attached hydrogens (tertiary/aromatic N) is 1. The molecule has 0 saturated carbocycles. The number of rotatable bonds is 5. The maximum atomic E-state index is 5.90. The van der Waals surface area contributed by atoms with Crippen LogP contribution in [0.25, 0.3) is 0 Å². The minimum atomic E-state index is 0.558. The fourth-order valence-corrected chi connectivity index (χ4v) is 2.19. The monoisotopic (exact) mass is 340 g/mol. The van der Waals surface area contributed by atoms with Gasteiger partial charge in [0.1, 0.15) is 11.5 Å². The van der Waals surface area contributed by atoms with Gasteiger partial charge >= 0.3 is 0 Å². The molecule has 0 aliphatic heterocycles. The van der Waals surface area contributed by atoms with Crippen LogP contribution < -0.4 is 10.1 Å². The lowest BCUT2D eigenvalue weighted by atomic mass is 10.2. The standard InChI is InChI=1S/C14H14BrClN2O/c1-2-17-7-10-5-11(15)3-4-14(10)19-13-6-12(16)8-18-9-13/h3-6,8-9,17H,2,7H2,1H3. The maximum Gasteiger partial charge on any atom is 0.147 e. The second-order valence-electron chi connectivity index (χ2n) is 3.97. The first-order valence-corrected chi connectivity index (χ1v) is 7.13. The molecule has 2 rings (SSSR count). The van der Waals surface area contributed by atoms with Crippen molar-refractivity contribution in [2.45, 2.75) is 13.5 Å². The minimum absolute atomic E-state index is 0.558. The molecule has 19 heavy (non-hydrogen) atoms. The number of hydrogen-bond donors (Lipinski definition) is 1. The third kappa shape index (κ3) is 4.20. The predicted octanol–water partition coefficient (Wildman–Crippen LogP) is 4.40. The van der Waals surface area contributed by atoms with E-state index in [0.717, 1.165) is 28.9 Å². The molecule has 100 valence electrons. The lowest BCUT2D eigenvalue weighted by Gasteiger charge is -2.12. The molecular weight excluding hydrogens is 328 g/mol. The first-order chi connectivity index (χ1) is 9.19. The van der Waals surface area contributed by atoms with Crippen LogP contribution in [0.5, 0.6) is 11.5 Å². The maximum absolute atomic E-state index is 5.90. The van der Waals surface area contributed by atoms with Crippen LogP contribution in [0.1, 0.15) is 12.5 Å². The molecule has 0 amide bonds. The number of nitrogens with one attached hydrogen (secondary N) is 1. The Bertz CT molecular complexity index is 563. The van der Waals surface area contributed by atoms with E-state index in [9.17, 15) is 0 Å². The smallest absolute Gasteiger partial charge is 0.147 e. The minimum Gasteiger partial charge on any atom is -0.455 e. The average Bonchev–Trinajstić information content (AvgIpc) is 2.39. The van der Waals surface area contributed by atoms with Crippen LogP contribution in [-0.2, 0) is 6.54 Å². The van der Waals surface area contributed by atoms with Gasteiger partial charge in [0.05, 0.1) is 11.2 Å². The second-order valence-corrected chi connectivity index (χ2v) is 5.33. The van der Waals surface area contributed by atoms with E-state index < -0.39 is 0 Å². The molecule has 0 atom stereocenters. The largest absolute Gasteiger partial charge is 0.455 e. The van der Waals surface area contributed by atoms with E-state index >= 15 is 0 Å². The number of benzene rings is 1. The molecule has 1 aromatic carbocycles. The van der Waals surface area contributed by atoms with E-state index in [1.807, 2.05) is 18.2 Å². The van der Waals surface area contributed by atoms with Crippen molar-refractivity contribution >= 4 is 27.5 Å². The summed E-state index contributed by atoms with van der Waals surface area (Å²) >= 11 is 9.37. The van der Waals surface area contributed by atoms with Gasteiger partial charge in [0.25, 0.3) is 0 Å². The summed E-state index contributed by atoms with van der Waals surface area (Å²) in [6.07, 6.45) is 3.22. The number of pyridine rings is 1. The van der Waals surface area contributed by atoms with Gasteiger partial charge in [-0.05, 0) is 24.7 Å². The average molecular weight is 342 g/mol. The molecule has 0 fully saturated rings. The Morgan fingerprint density at radius 2 is 2.16 bits per heavy atom. The van der Waals surface area contributed by atoms with Crippen LogP contribution in [0, 0.1) is 0 Å². The number of ether oxygens (including phenoxy) is 1. The molecule has 3 nitrogen and oxygen atoms in total. The van der Waals surface area contributed by atoms with E-state index in [1.165, 1.54) is 0 Å². The zero-order valence-corrected chi connectivity index (χ0v) is 12.8. The Morgan fingerprint density at radius 1 is 1.32 bits per heavy atom. The highest BCUT2D eigenvalue weighted by Crippen LogP contribution is 2.28. The van der Waals surface area contributed by atoms with Gasteiger partial charge in [-0.3, -0.25) is 4.98 Å². The van der Waals surface area contributed by atoms with E-state index in [1.54, 1.807) is 18.5 Å². The lowest BCUT2D eigenvalue weighted by molar-refractivity contribution is 0.471. The van der Waals surface area contributed by atoms with Gasteiger partial charge in [-0.2, -0.15) is 0 Å². The fourth-order valence-electron chi connectivity index (χ4n) is 1.62. The normalized spacial score (nSPS) is 10.5. The third-order valence-electron chi connectivity index (χ3n) is 2.50. The number of halogens is 2. The molecule has 5 heteroatoms. The summed E-state index contributed by atoms with van der Waals surface area (Å²) in [6.45, 7) is 3.73. The van der Waals surface area contributed by atoms with Crippen molar-refractivity contribution < 1.29 is 4.74 Å². The van der Waals surface area contributed by atoms with Crippen molar-refractivity contribution in [2.75, 3.05) is 6.54 Å². The van der Waals surface area contributed by atoms with Crippen molar-refractivity contribution in [3.63, 3.8) is 0 Å². The van der Waals surface area contributed by atoms with Crippen LogP contribution in [0.2, 0.25) is 5.02 Å². The van der Waals surface area contributed by atoms with Crippen LogP contribution >= 0.6 is 27.5 Å². The van der Waals surface area contributed by atoms with E-state index in [-0.39, 0.29) is 0 Å². The van der Waals surface area contributed by atoms with Gasteiger partial charge in [-0.15, -0.1) is 0 Å². The Hall–Kier alpha value is -1.10. The first-order valence-electron chi connectivity index (χ1n) is 5.96. The molecule has 1 heterocycles. The first kappa shape index (κ1) is 14.3. The molecular formula is C14H14BrClN2O. The van der Waals surface area contributed by atoms with Crippen LogP contribution in [0.15, 0.2) is 41.1 Å². The molecule has 0 unspecified atom stereocenters. The molecule has 0 bridgehead atoms. The van der Waals surface area contributed by atoms with Crippen molar-refractivity contribution in [3.8, 4) is 11.5 Å². The lowest BCUT2D eigenvalue weighted by Crippen LogP contribution is -2.12. The molecule has 1 aromatic heterocycles. The van der Waals surface area contributed by atoms with Crippen molar-refractivity contribution in [1.29, 1.82) is 0 Å². The summed E-state index contributed by atoms with van der Waals surface area (Å²) < 4.78 is 6.86. The van der Waals surface area contributed by atoms with Gasteiger partial charge in [-0.25, -0.2) is 0 Å². The van der Waals surface area contributed by atoms with Gasteiger partial charge in [0.2, 0.25) is 0 Å². The Morgan fingerprint density at radius 3 is 2.89 bits per heavy atom. The highest BCUT2D eigenvalue weighted by atomic mass is 79.9. The van der Waals surface area contributed by atoms with Gasteiger partial charge in [-0.1, -0.05) is 34.5 Å². The zero-order chi connectivity index (χ0) is 13.7. The summed E-state index contributed by atoms with van der Waals surface area (Å²) in [6, 6.07) is 7.66. The van der Waals surface area contributed by atoms with Crippen LogP contribution in [0.4, 0.5) is 0 Å². The van der Waals surface area contributed by atoms with E-state index in [0.29, 0.717) is 10.8 Å². The molecule has 2 aromatic rings. The highest BCUT2D eigenvalue weighted by molar-refractivity contribution is 9.10. The predicted molar refractivity (Wildman–Crippen MR) is 80.8 cm³/mol. The van der Waals surface area contributed by atoms with Gasteiger partial charge in [0, 0.05) is 28.8 Å². The third-order valence-corrected chi connectivity index (χ3v) is 3.20. The van der Waals surface area contributed by atoms with Crippen LogP contribution in [-0.4, -0.2) is 11.5 Å². The molecule has 0 aliphatic rings. The Balaban J connectivity index is 2.23. The van der Waals surface area contributed by atoms with Crippen molar-refractivity contribution in [1.82, 2.24) is 10.3 Å². The summed E-state index contributed by atoms with van der Waals surface area (Å²) in [5, 5.41) is 3.84. The quantitative estimate of drug-likeness (QED) is 0.875. The van der Waals surface area contributed by atoms with E-state index in [2.05, 4.69) is 33.2 Å². The summed E-state index contributed by atoms with van der Waals surface area (Å²) in [5.74, 6) is 1.43. The summed E-state index contributed by atoms with van der Waals surface area (Å²) in [4.78, 5) is 4.01. The molecule has 1 N–H and O–H groups in total. The zero-order valence-electron chi connectivity index (χ0n) is 10.5. The molecule has 0 spiro atoms. The Kier molecular flexibility index (Phi) is 5.19. The number of aromatic nitrogens is 1. The highest BCUT2D eigenvalue weighted by Gasteiger charge is 2.06.